The summed E-state index contributed by atoms with van der Waals surface area (Å²) in [6.45, 7) is 0. The molecule has 2 nitrogen and oxygen atoms in total. The molecule has 0 atom stereocenters. The third-order valence-electron chi connectivity index (χ3n) is 3.30. The van der Waals surface area contributed by atoms with Gasteiger partial charge in [0.15, 0.2) is 0 Å². The van der Waals surface area contributed by atoms with Crippen molar-refractivity contribution in [2.75, 3.05) is 5.75 Å². The van der Waals surface area contributed by atoms with E-state index in [0.29, 0.717) is 6.42 Å². The van der Waals surface area contributed by atoms with Crippen LogP contribution in [0.2, 0.25) is 0 Å². The molecule has 0 unspecified atom stereocenters. The fourth-order valence-electron chi connectivity index (χ4n) is 2.15. The molecule has 1 aromatic carbocycles. The Bertz CT molecular complexity index is 351. The van der Waals surface area contributed by atoms with E-state index in [1.165, 1.54) is 49.2 Å². The van der Waals surface area contributed by atoms with Crippen LogP contribution in [0, 0.1) is 0 Å². The van der Waals surface area contributed by atoms with Gasteiger partial charge in [0.25, 0.3) is 0 Å². The summed E-state index contributed by atoms with van der Waals surface area (Å²) in [5.74, 6) is 0.545. The number of carboxylic acid groups (broad SMARTS) is 1. The van der Waals surface area contributed by atoms with Crippen LogP contribution in [0.25, 0.3) is 0 Å². The Kier molecular flexibility index (Phi) is 10.1. The van der Waals surface area contributed by atoms with Crippen molar-refractivity contribution in [3.05, 3.63) is 30.3 Å². The predicted octanol–water partition coefficient (Wildman–Crippen LogP) is 5.37. The number of carboxylic acids is 1. The van der Waals surface area contributed by atoms with E-state index in [9.17, 15) is 4.79 Å². The zero-order chi connectivity index (χ0) is 14.5. The van der Waals surface area contributed by atoms with Crippen LogP contribution in [0.15, 0.2) is 35.2 Å². The summed E-state index contributed by atoms with van der Waals surface area (Å²) in [6, 6.07) is 10.6. The molecule has 20 heavy (non-hydrogen) atoms. The van der Waals surface area contributed by atoms with E-state index < -0.39 is 5.97 Å². The number of thioether (sulfide) groups is 1. The number of rotatable bonds is 12. The summed E-state index contributed by atoms with van der Waals surface area (Å²) in [5, 5.41) is 8.52. The van der Waals surface area contributed by atoms with E-state index in [0.717, 1.165) is 12.8 Å². The van der Waals surface area contributed by atoms with E-state index in [4.69, 9.17) is 5.11 Å². The largest absolute Gasteiger partial charge is 0.481 e. The first-order valence-corrected chi connectivity index (χ1v) is 8.67. The highest BCUT2D eigenvalue weighted by Gasteiger charge is 1.97. The van der Waals surface area contributed by atoms with Gasteiger partial charge in [0.1, 0.15) is 0 Å². The summed E-state index contributed by atoms with van der Waals surface area (Å²) >= 11 is 1.94. The Morgan fingerprint density at radius 1 is 0.850 bits per heavy atom. The number of carbonyl (C=O) groups is 1. The van der Waals surface area contributed by atoms with Crippen molar-refractivity contribution in [3.63, 3.8) is 0 Å². The Balaban J connectivity index is 1.80. The van der Waals surface area contributed by atoms with Gasteiger partial charge in [0.05, 0.1) is 0 Å². The van der Waals surface area contributed by atoms with E-state index in [-0.39, 0.29) is 0 Å². The summed E-state index contributed by atoms with van der Waals surface area (Å²) in [5.41, 5.74) is 0. The van der Waals surface area contributed by atoms with E-state index in [1.54, 1.807) is 0 Å². The fourth-order valence-corrected chi connectivity index (χ4v) is 3.08. The molecule has 0 amide bonds. The van der Waals surface area contributed by atoms with Crippen molar-refractivity contribution in [1.82, 2.24) is 0 Å². The molecule has 0 aromatic heterocycles. The Hall–Kier alpha value is -0.960. The van der Waals surface area contributed by atoms with Gasteiger partial charge in [-0.25, -0.2) is 0 Å². The highest BCUT2D eigenvalue weighted by molar-refractivity contribution is 7.99. The first-order valence-electron chi connectivity index (χ1n) is 7.68. The highest BCUT2D eigenvalue weighted by Crippen LogP contribution is 2.19. The first kappa shape index (κ1) is 17.1. The minimum atomic E-state index is -0.666. The van der Waals surface area contributed by atoms with Crippen LogP contribution >= 0.6 is 11.8 Å². The first-order chi connectivity index (χ1) is 9.79. The Labute approximate surface area is 127 Å². The van der Waals surface area contributed by atoms with Crippen molar-refractivity contribution >= 4 is 17.7 Å². The topological polar surface area (TPSA) is 37.3 Å². The molecule has 1 aromatic rings. The molecule has 3 heteroatoms. The molecule has 0 fully saturated rings. The van der Waals surface area contributed by atoms with Crippen molar-refractivity contribution < 1.29 is 9.90 Å². The number of hydrogen-bond acceptors (Lipinski definition) is 2. The molecule has 0 radical (unpaired) electrons. The molecule has 1 rings (SSSR count). The van der Waals surface area contributed by atoms with Gasteiger partial charge >= 0.3 is 5.97 Å². The lowest BCUT2D eigenvalue weighted by atomic mass is 10.1. The fraction of sp³-hybridized carbons (Fsp3) is 0.588. The third kappa shape index (κ3) is 9.90. The SMILES string of the molecule is O=C(O)CCCCCCCCCCSc1ccccc1. The normalized spacial score (nSPS) is 10.6. The second-order valence-corrected chi connectivity index (χ2v) is 6.30. The lowest BCUT2D eigenvalue weighted by molar-refractivity contribution is -0.137. The van der Waals surface area contributed by atoms with Gasteiger partial charge in [-0.05, 0) is 30.7 Å². The average Bonchev–Trinajstić information content (AvgIpc) is 2.45. The molecule has 112 valence electrons. The molecule has 0 spiro atoms. The van der Waals surface area contributed by atoms with Gasteiger partial charge in [-0.2, -0.15) is 0 Å². The van der Waals surface area contributed by atoms with Gasteiger partial charge in [-0.15, -0.1) is 11.8 Å². The molecule has 0 saturated carbocycles. The standard InChI is InChI=1S/C17H26O2S/c18-17(19)14-10-5-3-1-2-4-6-11-15-20-16-12-8-7-9-13-16/h7-9,12-13H,1-6,10-11,14-15H2,(H,18,19). The predicted molar refractivity (Wildman–Crippen MR) is 86.4 cm³/mol. The monoisotopic (exact) mass is 294 g/mol. The maximum absolute atomic E-state index is 10.3. The maximum Gasteiger partial charge on any atom is 0.303 e. The summed E-state index contributed by atoms with van der Waals surface area (Å²) < 4.78 is 0. The van der Waals surface area contributed by atoms with E-state index in [1.807, 2.05) is 11.8 Å². The second-order valence-electron chi connectivity index (χ2n) is 5.13. The van der Waals surface area contributed by atoms with Gasteiger partial charge in [-0.1, -0.05) is 56.7 Å². The van der Waals surface area contributed by atoms with Crippen molar-refractivity contribution in [2.45, 2.75) is 62.7 Å². The molecule has 0 aliphatic carbocycles. The Morgan fingerprint density at radius 2 is 1.40 bits per heavy atom. The number of unbranched alkanes of at least 4 members (excludes halogenated alkanes) is 7. The molecular weight excluding hydrogens is 268 g/mol. The van der Waals surface area contributed by atoms with Crippen LogP contribution in [-0.2, 0) is 4.79 Å². The second kappa shape index (κ2) is 11.8. The van der Waals surface area contributed by atoms with Gasteiger partial charge < -0.3 is 5.11 Å². The molecule has 0 heterocycles. The molecule has 1 N–H and O–H groups in total. The summed E-state index contributed by atoms with van der Waals surface area (Å²) in [6.07, 6.45) is 9.89. The molecule has 0 aliphatic heterocycles. The van der Waals surface area contributed by atoms with Crippen LogP contribution in [-0.4, -0.2) is 16.8 Å². The zero-order valence-corrected chi connectivity index (χ0v) is 13.0. The smallest absolute Gasteiger partial charge is 0.303 e. The lowest BCUT2D eigenvalue weighted by Gasteiger charge is -2.02. The molecular formula is C17H26O2S. The van der Waals surface area contributed by atoms with Gasteiger partial charge in [0.2, 0.25) is 0 Å². The zero-order valence-electron chi connectivity index (χ0n) is 12.2. The van der Waals surface area contributed by atoms with Gasteiger partial charge in [0, 0.05) is 11.3 Å². The van der Waals surface area contributed by atoms with E-state index in [2.05, 4.69) is 30.3 Å². The lowest BCUT2D eigenvalue weighted by Crippen LogP contribution is -1.93. The summed E-state index contributed by atoms with van der Waals surface area (Å²) in [4.78, 5) is 11.7. The van der Waals surface area contributed by atoms with Crippen molar-refractivity contribution in [3.8, 4) is 0 Å². The van der Waals surface area contributed by atoms with Crippen molar-refractivity contribution in [1.29, 1.82) is 0 Å². The van der Waals surface area contributed by atoms with E-state index >= 15 is 0 Å². The van der Waals surface area contributed by atoms with Crippen LogP contribution in [0.4, 0.5) is 0 Å². The minimum absolute atomic E-state index is 0.330. The average molecular weight is 294 g/mol. The molecule has 0 saturated heterocycles. The quantitative estimate of drug-likeness (QED) is 0.416. The number of aliphatic carboxylic acids is 1. The van der Waals surface area contributed by atoms with Crippen molar-refractivity contribution in [2.24, 2.45) is 0 Å². The van der Waals surface area contributed by atoms with Crippen LogP contribution in [0.1, 0.15) is 57.8 Å². The third-order valence-corrected chi connectivity index (χ3v) is 4.40. The highest BCUT2D eigenvalue weighted by atomic mass is 32.2. The summed E-state index contributed by atoms with van der Waals surface area (Å²) in [7, 11) is 0. The maximum atomic E-state index is 10.3. The number of benzene rings is 1. The van der Waals surface area contributed by atoms with Crippen LogP contribution in [0.5, 0.6) is 0 Å². The minimum Gasteiger partial charge on any atom is -0.481 e. The number of hydrogen-bond donors (Lipinski definition) is 1. The van der Waals surface area contributed by atoms with Crippen LogP contribution in [0.3, 0.4) is 0 Å². The Morgan fingerprint density at radius 3 is 2.00 bits per heavy atom. The van der Waals surface area contributed by atoms with Crippen LogP contribution < -0.4 is 0 Å². The van der Waals surface area contributed by atoms with Gasteiger partial charge in [-0.3, -0.25) is 4.79 Å². The molecule has 0 aliphatic rings. The molecule has 0 bridgehead atoms.